The maximum absolute atomic E-state index is 9.69. The summed E-state index contributed by atoms with van der Waals surface area (Å²) in [6, 6.07) is 33.2. The number of phenols is 1. The van der Waals surface area contributed by atoms with Gasteiger partial charge in [-0.3, -0.25) is 0 Å². The summed E-state index contributed by atoms with van der Waals surface area (Å²) in [5, 5.41) is 13.9. The molecule has 0 unspecified atom stereocenters. The van der Waals surface area contributed by atoms with E-state index in [0.29, 0.717) is 5.75 Å². The zero-order chi connectivity index (χ0) is 21.5. The number of benzene rings is 4. The van der Waals surface area contributed by atoms with E-state index in [0.717, 1.165) is 0 Å². The lowest BCUT2D eigenvalue weighted by Crippen LogP contribution is -3.00. The van der Waals surface area contributed by atoms with Crippen LogP contribution in [0.15, 0.2) is 97.1 Å². The molecular weight excluding hydrogens is 419 g/mol. The Kier molecular flexibility index (Phi) is 9.31. The van der Waals surface area contributed by atoms with Crippen molar-refractivity contribution in [1.82, 2.24) is 0 Å². The minimum absolute atomic E-state index is 0. The van der Waals surface area contributed by atoms with Crippen LogP contribution in [0.3, 0.4) is 0 Å². The van der Waals surface area contributed by atoms with Gasteiger partial charge in [0.2, 0.25) is 0 Å². The predicted octanol–water partition coefficient (Wildman–Crippen LogP) is 2.81. The Labute approximate surface area is 194 Å². The summed E-state index contributed by atoms with van der Waals surface area (Å²) in [7, 11) is -1.11. The van der Waals surface area contributed by atoms with Gasteiger partial charge in [0.15, 0.2) is 0 Å². The second-order valence-electron chi connectivity index (χ2n) is 7.71. The summed E-state index contributed by atoms with van der Waals surface area (Å²) in [6.45, 7) is 8.71. The van der Waals surface area contributed by atoms with Gasteiger partial charge in [-0.15, -0.1) is 0 Å². The van der Waals surface area contributed by atoms with Gasteiger partial charge in [0, 0.05) is 0 Å². The van der Waals surface area contributed by atoms with Crippen molar-refractivity contribution in [3.8, 4) is 5.75 Å². The van der Waals surface area contributed by atoms with E-state index in [1.807, 2.05) is 36.4 Å². The maximum atomic E-state index is 9.69. The fourth-order valence-corrected chi connectivity index (χ4v) is 6.59. The van der Waals surface area contributed by atoms with Crippen LogP contribution in [-0.4, -0.2) is 5.11 Å². The molecule has 0 bridgehead atoms. The van der Waals surface area contributed by atoms with Gasteiger partial charge in [0.1, 0.15) is 21.7 Å². The first-order chi connectivity index (χ1) is 14.5. The Bertz CT molecular complexity index is 1010. The van der Waals surface area contributed by atoms with E-state index in [1.54, 1.807) is 12.1 Å². The molecule has 160 valence electrons. The monoisotopic (exact) mass is 448 g/mol. The van der Waals surface area contributed by atoms with Crippen LogP contribution in [0.1, 0.15) is 22.3 Å². The molecular formula is C28H30ClOP. The van der Waals surface area contributed by atoms with Crippen LogP contribution >= 0.6 is 7.92 Å². The second-order valence-corrected chi connectivity index (χ2v) is 10.1. The molecule has 0 fully saturated rings. The van der Waals surface area contributed by atoms with Gasteiger partial charge in [0.25, 0.3) is 0 Å². The average molecular weight is 449 g/mol. The molecule has 1 nitrogen and oxygen atoms in total. The first-order valence-corrected chi connectivity index (χ1v) is 11.8. The third kappa shape index (κ3) is 6.69. The molecule has 0 atom stereocenters. The molecule has 0 aliphatic heterocycles. The van der Waals surface area contributed by atoms with Crippen LogP contribution in [0.4, 0.5) is 0 Å². The molecule has 0 radical (unpaired) electrons. The van der Waals surface area contributed by atoms with E-state index in [4.69, 9.17) is 0 Å². The van der Waals surface area contributed by atoms with Crippen molar-refractivity contribution < 1.29 is 17.5 Å². The van der Waals surface area contributed by atoms with E-state index in [-0.39, 0.29) is 12.4 Å². The lowest BCUT2D eigenvalue weighted by Gasteiger charge is -2.16. The van der Waals surface area contributed by atoms with E-state index in [9.17, 15) is 5.11 Å². The van der Waals surface area contributed by atoms with Crippen molar-refractivity contribution >= 4 is 23.8 Å². The number of hydrogen-bond donors (Lipinski definition) is 1. The van der Waals surface area contributed by atoms with Gasteiger partial charge in [-0.1, -0.05) is 60.7 Å². The summed E-state index contributed by atoms with van der Waals surface area (Å²) in [5.41, 5.74) is 5.26. The van der Waals surface area contributed by atoms with E-state index >= 15 is 0 Å². The molecule has 0 aromatic heterocycles. The zero-order valence-electron chi connectivity index (χ0n) is 18.6. The summed E-state index contributed by atoms with van der Waals surface area (Å²) < 4.78 is 0. The molecule has 0 heterocycles. The number of aromatic hydroxyl groups is 1. The second kappa shape index (κ2) is 11.7. The summed E-state index contributed by atoms with van der Waals surface area (Å²) in [6.07, 6.45) is 0. The largest absolute Gasteiger partial charge is 1.00 e. The molecule has 0 spiro atoms. The highest BCUT2D eigenvalue weighted by atomic mass is 35.5. The number of halogens is 1. The average Bonchev–Trinajstić information content (AvgIpc) is 2.76. The number of rotatable bonds is 3. The van der Waals surface area contributed by atoms with Crippen LogP contribution in [-0.2, 0) is 0 Å². The topological polar surface area (TPSA) is 20.2 Å². The predicted molar refractivity (Wildman–Crippen MR) is 134 cm³/mol. The molecule has 0 aliphatic carbocycles. The van der Waals surface area contributed by atoms with Gasteiger partial charge >= 0.3 is 0 Å². The summed E-state index contributed by atoms with van der Waals surface area (Å²) >= 11 is 0. The molecule has 31 heavy (non-hydrogen) atoms. The van der Waals surface area contributed by atoms with E-state index < -0.39 is 7.92 Å². The quantitative estimate of drug-likeness (QED) is 0.478. The van der Waals surface area contributed by atoms with Crippen molar-refractivity contribution in [2.45, 2.75) is 27.7 Å². The van der Waals surface area contributed by atoms with Gasteiger partial charge in [0.05, 0.1) is 7.92 Å². The van der Waals surface area contributed by atoms with Crippen LogP contribution in [0.5, 0.6) is 5.75 Å². The highest BCUT2D eigenvalue weighted by Crippen LogP contribution is 2.36. The Morgan fingerprint density at radius 1 is 0.548 bits per heavy atom. The molecule has 3 heteroatoms. The van der Waals surface area contributed by atoms with Gasteiger partial charge < -0.3 is 17.5 Å². The van der Waals surface area contributed by atoms with Crippen LogP contribution < -0.4 is 28.3 Å². The first kappa shape index (κ1) is 24.7. The fourth-order valence-electron chi connectivity index (χ4n) is 3.48. The summed E-state index contributed by atoms with van der Waals surface area (Å²) in [4.78, 5) is 0. The van der Waals surface area contributed by atoms with Crippen molar-refractivity contribution in [3.05, 3.63) is 119 Å². The van der Waals surface area contributed by atoms with Crippen molar-refractivity contribution in [1.29, 1.82) is 0 Å². The first-order valence-electron chi connectivity index (χ1n) is 10.3. The molecule has 0 aliphatic rings. The molecule has 4 aromatic rings. The maximum Gasteiger partial charge on any atom is 0.115 e. The molecule has 0 saturated heterocycles. The minimum Gasteiger partial charge on any atom is -1.00 e. The fraction of sp³-hybridized carbons (Fsp3) is 0.143. The smallest absolute Gasteiger partial charge is 0.115 e. The lowest BCUT2D eigenvalue weighted by atomic mass is 10.2. The minimum atomic E-state index is -1.11. The van der Waals surface area contributed by atoms with Crippen LogP contribution in [0, 0.1) is 27.7 Å². The highest BCUT2D eigenvalue weighted by Gasteiger charge is 2.29. The molecule has 1 N–H and O–H groups in total. The normalized spacial score (nSPS) is 10.1. The van der Waals surface area contributed by atoms with Crippen LogP contribution in [0.2, 0.25) is 0 Å². The highest BCUT2D eigenvalue weighted by molar-refractivity contribution is 7.80. The molecule has 4 aromatic carbocycles. The van der Waals surface area contributed by atoms with Crippen molar-refractivity contribution in [2.24, 2.45) is 0 Å². The van der Waals surface area contributed by atoms with Gasteiger partial charge in [-0.25, -0.2) is 0 Å². The SMILES string of the molecule is Cc1ccc(C)c([PH+](c2ccc(O)cc2)c2cc(C)ccc2C)c1.[Cl-].c1ccccc1. The van der Waals surface area contributed by atoms with Crippen molar-refractivity contribution in [3.63, 3.8) is 0 Å². The third-order valence-corrected chi connectivity index (χ3v) is 8.21. The molecule has 0 amide bonds. The molecule has 0 saturated carbocycles. The third-order valence-electron chi connectivity index (χ3n) is 5.15. The Morgan fingerprint density at radius 2 is 0.935 bits per heavy atom. The Hall–Kier alpha value is -2.60. The zero-order valence-corrected chi connectivity index (χ0v) is 20.3. The van der Waals surface area contributed by atoms with Crippen molar-refractivity contribution in [2.75, 3.05) is 0 Å². The number of hydrogen-bond acceptors (Lipinski definition) is 1. The van der Waals surface area contributed by atoms with E-state index in [2.05, 4.69) is 76.2 Å². The van der Waals surface area contributed by atoms with Gasteiger partial charge in [-0.05, 0) is 86.3 Å². The Morgan fingerprint density at radius 3 is 1.32 bits per heavy atom. The molecule has 4 rings (SSSR count). The lowest BCUT2D eigenvalue weighted by molar-refractivity contribution is -0.00000719. The Balaban J connectivity index is 0.000000422. The van der Waals surface area contributed by atoms with Crippen LogP contribution in [0.25, 0.3) is 0 Å². The standard InChI is InChI=1S/C22H23OP.C6H6.ClH/c1-15-5-7-17(3)21(13-15)24(20-11-9-19(23)10-12-20)22-14-16(2)6-8-18(22)4;1-2-4-6-5-3-1;/h5-14,23H,1-4H3;1-6H;1H. The van der Waals surface area contributed by atoms with E-state index in [1.165, 1.54) is 38.2 Å². The number of aryl methyl sites for hydroxylation is 4. The number of phenolic OH excluding ortho intramolecular Hbond substituents is 1. The summed E-state index contributed by atoms with van der Waals surface area (Å²) in [5.74, 6) is 0.321. The van der Waals surface area contributed by atoms with Gasteiger partial charge in [-0.2, -0.15) is 0 Å².